The largest absolute Gasteiger partial charge is 0.494 e. The first-order valence-electron chi connectivity index (χ1n) is 11.1. The van der Waals surface area contributed by atoms with Crippen molar-refractivity contribution in [2.24, 2.45) is 0 Å². The van der Waals surface area contributed by atoms with Gasteiger partial charge in [-0.1, -0.05) is 24.3 Å². The lowest BCUT2D eigenvalue weighted by atomic mass is 10.0. The number of benzene rings is 2. The number of hydrogen-bond acceptors (Lipinski definition) is 6. The SMILES string of the molecule is CCOc1ccc(C2=C(N(CCOC)CCOC)C(=O)N(c3cccc(C)c3C)C2=O)cc1. The van der Waals surface area contributed by atoms with Crippen molar-refractivity contribution in [3.63, 3.8) is 0 Å². The second kappa shape index (κ2) is 11.1. The van der Waals surface area contributed by atoms with Gasteiger partial charge in [-0.05, 0) is 55.7 Å². The average molecular weight is 453 g/mol. The Kier molecular flexibility index (Phi) is 8.25. The fourth-order valence-electron chi connectivity index (χ4n) is 3.89. The first-order chi connectivity index (χ1) is 15.9. The third kappa shape index (κ3) is 5.10. The Labute approximate surface area is 195 Å². The van der Waals surface area contributed by atoms with E-state index in [0.29, 0.717) is 61.2 Å². The van der Waals surface area contributed by atoms with E-state index in [2.05, 4.69) is 0 Å². The van der Waals surface area contributed by atoms with Gasteiger partial charge in [0.15, 0.2) is 0 Å². The molecule has 2 aromatic carbocycles. The Bertz CT molecular complexity index is 1020. The van der Waals surface area contributed by atoms with Gasteiger partial charge in [-0.15, -0.1) is 0 Å². The zero-order chi connectivity index (χ0) is 24.0. The van der Waals surface area contributed by atoms with Gasteiger partial charge in [-0.25, -0.2) is 4.90 Å². The van der Waals surface area contributed by atoms with Gasteiger partial charge in [0.25, 0.3) is 11.8 Å². The van der Waals surface area contributed by atoms with Crippen molar-refractivity contribution in [3.8, 4) is 5.75 Å². The molecule has 0 aromatic heterocycles. The minimum atomic E-state index is -0.343. The smallest absolute Gasteiger partial charge is 0.282 e. The molecule has 0 fully saturated rings. The highest BCUT2D eigenvalue weighted by Gasteiger charge is 2.43. The van der Waals surface area contributed by atoms with E-state index >= 15 is 0 Å². The van der Waals surface area contributed by atoms with Crippen LogP contribution in [-0.2, 0) is 19.1 Å². The molecule has 33 heavy (non-hydrogen) atoms. The van der Waals surface area contributed by atoms with Crippen LogP contribution in [0.25, 0.3) is 5.57 Å². The van der Waals surface area contributed by atoms with E-state index in [1.54, 1.807) is 14.2 Å². The van der Waals surface area contributed by atoms with Crippen LogP contribution in [0.5, 0.6) is 5.75 Å². The maximum Gasteiger partial charge on any atom is 0.282 e. The molecule has 176 valence electrons. The molecular formula is C26H32N2O5. The molecule has 0 radical (unpaired) electrons. The number of amides is 2. The molecule has 2 amide bonds. The molecule has 2 aromatic rings. The van der Waals surface area contributed by atoms with Crippen LogP contribution in [0.15, 0.2) is 48.2 Å². The number of carbonyl (C=O) groups is 2. The molecule has 0 unspecified atom stereocenters. The van der Waals surface area contributed by atoms with E-state index in [1.165, 1.54) is 4.90 Å². The van der Waals surface area contributed by atoms with Crippen molar-refractivity contribution >= 4 is 23.1 Å². The van der Waals surface area contributed by atoms with Gasteiger partial charge >= 0.3 is 0 Å². The summed E-state index contributed by atoms with van der Waals surface area (Å²) in [6.07, 6.45) is 0. The summed E-state index contributed by atoms with van der Waals surface area (Å²) in [5.41, 5.74) is 3.91. The summed E-state index contributed by atoms with van der Waals surface area (Å²) in [6.45, 7) is 8.09. The molecule has 0 atom stereocenters. The summed E-state index contributed by atoms with van der Waals surface area (Å²) in [6, 6.07) is 12.9. The molecular weight excluding hydrogens is 420 g/mol. The standard InChI is InChI=1S/C26H32N2O5/c1-6-33-21-12-10-20(11-13-21)23-24(27(14-16-31-4)15-17-32-5)26(30)28(25(23)29)22-9-7-8-18(2)19(22)3/h7-13H,6,14-17H2,1-5H3. The Balaban J connectivity index is 2.14. The zero-order valence-corrected chi connectivity index (χ0v) is 20.0. The van der Waals surface area contributed by atoms with Crippen LogP contribution in [-0.4, -0.2) is 63.8 Å². The predicted octanol–water partition coefficient (Wildman–Crippen LogP) is 3.58. The lowest BCUT2D eigenvalue weighted by Gasteiger charge is -2.26. The van der Waals surface area contributed by atoms with Gasteiger partial charge < -0.3 is 19.1 Å². The van der Waals surface area contributed by atoms with Gasteiger partial charge in [0.05, 0.1) is 31.1 Å². The van der Waals surface area contributed by atoms with E-state index in [1.807, 2.05) is 68.1 Å². The van der Waals surface area contributed by atoms with E-state index in [0.717, 1.165) is 11.1 Å². The highest BCUT2D eigenvalue weighted by Crippen LogP contribution is 2.37. The molecule has 7 nitrogen and oxygen atoms in total. The van der Waals surface area contributed by atoms with Gasteiger partial charge in [-0.2, -0.15) is 0 Å². The van der Waals surface area contributed by atoms with Crippen LogP contribution in [0.1, 0.15) is 23.6 Å². The minimum Gasteiger partial charge on any atom is -0.494 e. The molecule has 1 aliphatic heterocycles. The Hall–Kier alpha value is -3.16. The maximum atomic E-state index is 13.8. The summed E-state index contributed by atoms with van der Waals surface area (Å²) in [5.74, 6) is 0.0275. The summed E-state index contributed by atoms with van der Waals surface area (Å²) in [4.78, 5) is 30.7. The van der Waals surface area contributed by atoms with Crippen LogP contribution < -0.4 is 9.64 Å². The maximum absolute atomic E-state index is 13.8. The number of rotatable bonds is 11. The van der Waals surface area contributed by atoms with Crippen LogP contribution in [0.3, 0.4) is 0 Å². The monoisotopic (exact) mass is 452 g/mol. The molecule has 1 aliphatic rings. The van der Waals surface area contributed by atoms with Gasteiger partial charge in [0.2, 0.25) is 0 Å². The highest BCUT2D eigenvalue weighted by molar-refractivity contribution is 6.45. The molecule has 3 rings (SSSR count). The first-order valence-corrected chi connectivity index (χ1v) is 11.1. The minimum absolute atomic E-state index is 0.340. The van der Waals surface area contributed by atoms with Crippen molar-refractivity contribution in [1.29, 1.82) is 0 Å². The Morgan fingerprint density at radius 1 is 0.879 bits per heavy atom. The topological polar surface area (TPSA) is 68.3 Å². The summed E-state index contributed by atoms with van der Waals surface area (Å²) < 4.78 is 16.1. The number of aryl methyl sites for hydroxylation is 1. The fraction of sp³-hybridized carbons (Fsp3) is 0.385. The Morgan fingerprint density at radius 3 is 2.09 bits per heavy atom. The molecule has 0 spiro atoms. The number of nitrogens with zero attached hydrogens (tertiary/aromatic N) is 2. The number of ether oxygens (including phenoxy) is 3. The Morgan fingerprint density at radius 2 is 1.52 bits per heavy atom. The van der Waals surface area contributed by atoms with Gasteiger partial charge in [-0.3, -0.25) is 9.59 Å². The zero-order valence-electron chi connectivity index (χ0n) is 20.0. The fourth-order valence-corrected chi connectivity index (χ4v) is 3.89. The number of methoxy groups -OCH3 is 2. The van der Waals surface area contributed by atoms with Crippen molar-refractivity contribution in [2.75, 3.05) is 52.0 Å². The van der Waals surface area contributed by atoms with E-state index in [9.17, 15) is 9.59 Å². The first kappa shape index (κ1) is 24.5. The van der Waals surface area contributed by atoms with Crippen LogP contribution in [0, 0.1) is 13.8 Å². The lowest BCUT2D eigenvalue weighted by Crippen LogP contribution is -2.38. The molecule has 0 saturated heterocycles. The van der Waals surface area contributed by atoms with Crippen molar-refractivity contribution in [1.82, 2.24) is 4.90 Å². The van der Waals surface area contributed by atoms with Crippen molar-refractivity contribution < 1.29 is 23.8 Å². The molecule has 7 heteroatoms. The number of anilines is 1. The van der Waals surface area contributed by atoms with E-state index in [-0.39, 0.29) is 11.8 Å². The summed E-state index contributed by atoms with van der Waals surface area (Å²) >= 11 is 0. The highest BCUT2D eigenvalue weighted by atomic mass is 16.5. The number of imide groups is 1. The van der Waals surface area contributed by atoms with E-state index < -0.39 is 0 Å². The van der Waals surface area contributed by atoms with Crippen LogP contribution in [0.4, 0.5) is 5.69 Å². The molecule has 0 N–H and O–H groups in total. The van der Waals surface area contributed by atoms with Gasteiger partial charge in [0, 0.05) is 27.3 Å². The van der Waals surface area contributed by atoms with Crippen LogP contribution in [0.2, 0.25) is 0 Å². The van der Waals surface area contributed by atoms with Crippen LogP contribution >= 0.6 is 0 Å². The van der Waals surface area contributed by atoms with Gasteiger partial charge in [0.1, 0.15) is 11.4 Å². The van der Waals surface area contributed by atoms with Crippen molar-refractivity contribution in [2.45, 2.75) is 20.8 Å². The predicted molar refractivity (Wildman–Crippen MR) is 128 cm³/mol. The summed E-state index contributed by atoms with van der Waals surface area (Å²) in [5, 5.41) is 0. The van der Waals surface area contributed by atoms with Crippen molar-refractivity contribution in [3.05, 3.63) is 64.9 Å². The summed E-state index contributed by atoms with van der Waals surface area (Å²) in [7, 11) is 3.22. The number of carbonyl (C=O) groups excluding carboxylic acids is 2. The quantitative estimate of drug-likeness (QED) is 0.486. The third-order valence-electron chi connectivity index (χ3n) is 5.78. The normalized spacial score (nSPS) is 13.8. The van der Waals surface area contributed by atoms with E-state index in [4.69, 9.17) is 14.2 Å². The molecule has 0 saturated carbocycles. The molecule has 0 bridgehead atoms. The lowest BCUT2D eigenvalue weighted by molar-refractivity contribution is -0.120. The molecule has 1 heterocycles. The third-order valence-corrected chi connectivity index (χ3v) is 5.78. The average Bonchev–Trinajstić information content (AvgIpc) is 3.06. The second-order valence-electron chi connectivity index (χ2n) is 7.82. The second-order valence-corrected chi connectivity index (χ2v) is 7.82. The molecule has 0 aliphatic carbocycles. The number of hydrogen-bond donors (Lipinski definition) is 0.